The topological polar surface area (TPSA) is 101 Å². The minimum atomic E-state index is -0.651. The summed E-state index contributed by atoms with van der Waals surface area (Å²) >= 11 is 0. The smallest absolute Gasteiger partial charge is 0.292 e. The Hall–Kier alpha value is -2.18. The highest BCUT2D eigenvalue weighted by atomic mass is 16.2. The molecule has 7 nitrogen and oxygen atoms in total. The molecule has 0 aliphatic carbocycles. The molecule has 2 N–H and O–H groups in total. The van der Waals surface area contributed by atoms with Crippen LogP contribution < -0.4 is 16.8 Å². The van der Waals surface area contributed by atoms with Gasteiger partial charge in [0, 0.05) is 6.54 Å². The molecule has 0 spiro atoms. The van der Waals surface area contributed by atoms with Crippen LogP contribution in [0.2, 0.25) is 0 Å². The number of fused-ring (bicyclic) bond motifs is 1. The van der Waals surface area contributed by atoms with E-state index in [0.717, 1.165) is 6.20 Å². The van der Waals surface area contributed by atoms with Gasteiger partial charge in [0.25, 0.3) is 11.1 Å². The van der Waals surface area contributed by atoms with Gasteiger partial charge in [-0.3, -0.25) is 24.1 Å². The van der Waals surface area contributed by atoms with E-state index in [9.17, 15) is 14.4 Å². The molecule has 0 amide bonds. The SMILES string of the molecule is CCn1c(=O)cnc2c(=O)[nH]c(=O)[nH]c21. The summed E-state index contributed by atoms with van der Waals surface area (Å²) < 4.78 is 1.28. The van der Waals surface area contributed by atoms with Crippen LogP contribution in [0.4, 0.5) is 0 Å². The molecule has 0 atom stereocenters. The van der Waals surface area contributed by atoms with E-state index < -0.39 is 11.2 Å². The summed E-state index contributed by atoms with van der Waals surface area (Å²) in [5, 5.41) is 0. The number of H-pyrrole nitrogens is 2. The number of aryl methyl sites for hydroxylation is 1. The number of rotatable bonds is 1. The van der Waals surface area contributed by atoms with E-state index in [2.05, 4.69) is 9.97 Å². The Bertz CT molecular complexity index is 679. The van der Waals surface area contributed by atoms with Gasteiger partial charge in [-0.15, -0.1) is 0 Å². The van der Waals surface area contributed by atoms with Gasteiger partial charge in [-0.05, 0) is 6.92 Å². The van der Waals surface area contributed by atoms with Crippen LogP contribution in [-0.4, -0.2) is 19.5 Å². The number of aromatic nitrogens is 4. The monoisotopic (exact) mass is 208 g/mol. The molecule has 0 bridgehead atoms. The molecule has 15 heavy (non-hydrogen) atoms. The lowest BCUT2D eigenvalue weighted by atomic mass is 10.5. The van der Waals surface area contributed by atoms with E-state index in [1.807, 2.05) is 4.98 Å². The molecule has 2 aromatic heterocycles. The highest BCUT2D eigenvalue weighted by Crippen LogP contribution is 1.96. The Morgan fingerprint density at radius 1 is 1.33 bits per heavy atom. The van der Waals surface area contributed by atoms with Crippen LogP contribution in [0.5, 0.6) is 0 Å². The lowest BCUT2D eigenvalue weighted by molar-refractivity contribution is 0.737. The largest absolute Gasteiger partial charge is 0.327 e. The van der Waals surface area contributed by atoms with Gasteiger partial charge in [0.15, 0.2) is 5.52 Å². The Morgan fingerprint density at radius 2 is 2.07 bits per heavy atom. The van der Waals surface area contributed by atoms with Crippen molar-refractivity contribution in [3.05, 3.63) is 37.4 Å². The highest BCUT2D eigenvalue weighted by Gasteiger charge is 2.06. The third-order valence-corrected chi connectivity index (χ3v) is 2.05. The van der Waals surface area contributed by atoms with Crippen LogP contribution in [-0.2, 0) is 6.54 Å². The Morgan fingerprint density at radius 3 is 2.73 bits per heavy atom. The van der Waals surface area contributed by atoms with Gasteiger partial charge in [0.1, 0.15) is 5.65 Å². The predicted octanol–water partition coefficient (Wildman–Crippen LogP) is -1.21. The zero-order chi connectivity index (χ0) is 11.0. The molecule has 0 aliphatic heterocycles. The van der Waals surface area contributed by atoms with Crippen LogP contribution >= 0.6 is 0 Å². The lowest BCUT2D eigenvalue weighted by Gasteiger charge is -2.04. The lowest BCUT2D eigenvalue weighted by Crippen LogP contribution is -2.29. The fourth-order valence-corrected chi connectivity index (χ4v) is 1.40. The second kappa shape index (κ2) is 3.19. The maximum atomic E-state index is 11.4. The van der Waals surface area contributed by atoms with Gasteiger partial charge in [0.05, 0.1) is 6.20 Å². The van der Waals surface area contributed by atoms with Crippen molar-refractivity contribution in [3.63, 3.8) is 0 Å². The van der Waals surface area contributed by atoms with Crippen molar-refractivity contribution >= 4 is 11.2 Å². The number of nitrogens with one attached hydrogen (secondary N) is 2. The normalized spacial score (nSPS) is 10.7. The fourth-order valence-electron chi connectivity index (χ4n) is 1.40. The molecule has 0 aliphatic rings. The van der Waals surface area contributed by atoms with Crippen LogP contribution in [0.25, 0.3) is 11.2 Å². The van der Waals surface area contributed by atoms with E-state index in [0.29, 0.717) is 6.54 Å². The zero-order valence-corrected chi connectivity index (χ0v) is 7.90. The summed E-state index contributed by atoms with van der Waals surface area (Å²) in [6.45, 7) is 2.09. The molecule has 2 heterocycles. The molecule has 0 saturated heterocycles. The van der Waals surface area contributed by atoms with Gasteiger partial charge in [0.2, 0.25) is 0 Å². The van der Waals surface area contributed by atoms with E-state index in [1.165, 1.54) is 4.57 Å². The van der Waals surface area contributed by atoms with Gasteiger partial charge in [-0.2, -0.15) is 0 Å². The molecule has 0 saturated carbocycles. The summed E-state index contributed by atoms with van der Waals surface area (Å²) in [5.41, 5.74) is -1.40. The van der Waals surface area contributed by atoms with Gasteiger partial charge >= 0.3 is 5.69 Å². The molecular weight excluding hydrogens is 200 g/mol. The third-order valence-electron chi connectivity index (χ3n) is 2.05. The van der Waals surface area contributed by atoms with Crippen LogP contribution in [0.3, 0.4) is 0 Å². The molecule has 7 heteroatoms. The summed E-state index contributed by atoms with van der Waals surface area (Å²) in [7, 11) is 0. The summed E-state index contributed by atoms with van der Waals surface area (Å²) in [4.78, 5) is 41.8. The van der Waals surface area contributed by atoms with E-state index in [-0.39, 0.29) is 16.7 Å². The molecule has 0 fully saturated rings. The van der Waals surface area contributed by atoms with Crippen LogP contribution in [0.15, 0.2) is 20.6 Å². The first-order chi connectivity index (χ1) is 7.13. The second-order valence-electron chi connectivity index (χ2n) is 2.95. The van der Waals surface area contributed by atoms with Crippen LogP contribution in [0.1, 0.15) is 6.92 Å². The molecule has 0 radical (unpaired) electrons. The van der Waals surface area contributed by atoms with Crippen molar-refractivity contribution in [1.29, 1.82) is 0 Å². The van der Waals surface area contributed by atoms with Gasteiger partial charge < -0.3 is 0 Å². The quantitative estimate of drug-likeness (QED) is 0.614. The van der Waals surface area contributed by atoms with Crippen molar-refractivity contribution in [3.8, 4) is 0 Å². The molecular formula is C8H8N4O3. The van der Waals surface area contributed by atoms with Crippen molar-refractivity contribution in [2.75, 3.05) is 0 Å². The van der Waals surface area contributed by atoms with Crippen molar-refractivity contribution in [1.82, 2.24) is 19.5 Å². The summed E-state index contributed by atoms with van der Waals surface area (Å²) in [6, 6.07) is 0. The second-order valence-corrected chi connectivity index (χ2v) is 2.95. The van der Waals surface area contributed by atoms with E-state index in [1.54, 1.807) is 6.92 Å². The minimum absolute atomic E-state index is 0.0519. The standard InChI is InChI=1S/C8H8N4O3/c1-2-12-4(13)3-9-5-6(12)10-8(15)11-7(5)14/h3H,2H2,1H3,(H2,10,11,14,15). The van der Waals surface area contributed by atoms with Gasteiger partial charge in [-0.1, -0.05) is 0 Å². The average Bonchev–Trinajstić information content (AvgIpc) is 2.17. The summed E-state index contributed by atoms with van der Waals surface area (Å²) in [5.74, 6) is 0. The predicted molar refractivity (Wildman–Crippen MR) is 52.9 cm³/mol. The van der Waals surface area contributed by atoms with Crippen molar-refractivity contribution in [2.24, 2.45) is 0 Å². The van der Waals surface area contributed by atoms with E-state index >= 15 is 0 Å². The number of aromatic amines is 2. The number of hydrogen-bond donors (Lipinski definition) is 2. The maximum absolute atomic E-state index is 11.4. The Balaban J connectivity index is 3.11. The average molecular weight is 208 g/mol. The zero-order valence-electron chi connectivity index (χ0n) is 7.90. The maximum Gasteiger partial charge on any atom is 0.327 e. The number of nitrogens with zero attached hydrogens (tertiary/aromatic N) is 2. The molecule has 2 aromatic rings. The highest BCUT2D eigenvalue weighted by molar-refractivity contribution is 5.67. The first kappa shape index (κ1) is 9.38. The third kappa shape index (κ3) is 1.37. The Kier molecular flexibility index (Phi) is 2.00. The molecule has 78 valence electrons. The molecule has 2 rings (SSSR count). The minimum Gasteiger partial charge on any atom is -0.292 e. The van der Waals surface area contributed by atoms with Crippen molar-refractivity contribution in [2.45, 2.75) is 13.5 Å². The number of hydrogen-bond acceptors (Lipinski definition) is 4. The Labute approximate surface area is 82.4 Å². The van der Waals surface area contributed by atoms with E-state index in [4.69, 9.17) is 0 Å². The molecule has 0 unspecified atom stereocenters. The fraction of sp³-hybridized carbons (Fsp3) is 0.250. The molecule has 0 aromatic carbocycles. The first-order valence-corrected chi connectivity index (χ1v) is 4.35. The van der Waals surface area contributed by atoms with Gasteiger partial charge in [-0.25, -0.2) is 9.78 Å². The van der Waals surface area contributed by atoms with Crippen LogP contribution in [0, 0.1) is 0 Å². The van der Waals surface area contributed by atoms with Crippen molar-refractivity contribution < 1.29 is 0 Å². The summed E-state index contributed by atoms with van der Waals surface area (Å²) in [6.07, 6.45) is 1.05. The first-order valence-electron chi connectivity index (χ1n) is 4.35.